The van der Waals surface area contributed by atoms with Gasteiger partial charge in [-0.05, 0) is 92.5 Å². The minimum absolute atomic E-state index is 0.240. The van der Waals surface area contributed by atoms with Gasteiger partial charge in [-0.1, -0.05) is 32.4 Å². The van der Waals surface area contributed by atoms with Crippen molar-refractivity contribution in [3.63, 3.8) is 0 Å². The number of methoxy groups -OCH3 is 1. The van der Waals surface area contributed by atoms with Gasteiger partial charge >= 0.3 is 0 Å². The van der Waals surface area contributed by atoms with Crippen molar-refractivity contribution in [3.05, 3.63) is 35.0 Å². The van der Waals surface area contributed by atoms with Gasteiger partial charge in [0.25, 0.3) is 0 Å². The van der Waals surface area contributed by atoms with Crippen molar-refractivity contribution in [2.24, 2.45) is 5.41 Å². The van der Waals surface area contributed by atoms with Crippen LogP contribution in [0, 0.1) is 5.41 Å². The predicted octanol–water partition coefficient (Wildman–Crippen LogP) is 6.61. The summed E-state index contributed by atoms with van der Waals surface area (Å²) < 4.78 is 12.2. The molecular formula is C25H39ClN2O2Si. The van der Waals surface area contributed by atoms with Crippen molar-refractivity contribution >= 4 is 30.8 Å². The number of rotatable bonds is 8. The van der Waals surface area contributed by atoms with E-state index in [0.29, 0.717) is 0 Å². The van der Waals surface area contributed by atoms with Gasteiger partial charge in [0, 0.05) is 18.2 Å². The van der Waals surface area contributed by atoms with Gasteiger partial charge in [0.05, 0.1) is 17.6 Å². The fourth-order valence-electron chi connectivity index (χ4n) is 4.20. The lowest BCUT2D eigenvalue weighted by Gasteiger charge is -2.43. The highest BCUT2D eigenvalue weighted by atomic mass is 35.5. The van der Waals surface area contributed by atoms with E-state index < -0.39 is 8.32 Å². The number of aromatic nitrogens is 1. The summed E-state index contributed by atoms with van der Waals surface area (Å²) in [5, 5.41) is 5.62. The van der Waals surface area contributed by atoms with Crippen LogP contribution in [0.3, 0.4) is 0 Å². The third kappa shape index (κ3) is 5.81. The first-order valence-electron chi connectivity index (χ1n) is 11.5. The number of pyridine rings is 1. The summed E-state index contributed by atoms with van der Waals surface area (Å²) in [5.41, 5.74) is 2.41. The van der Waals surface area contributed by atoms with Crippen LogP contribution in [0.15, 0.2) is 24.4 Å². The zero-order valence-electron chi connectivity index (χ0n) is 20.1. The number of ether oxygens (including phenoxy) is 1. The van der Waals surface area contributed by atoms with E-state index in [4.69, 9.17) is 20.8 Å². The average molecular weight is 463 g/mol. The molecule has 0 amide bonds. The second kappa shape index (κ2) is 9.78. The summed E-state index contributed by atoms with van der Waals surface area (Å²) in [4.78, 5) is 4.50. The average Bonchev–Trinajstić information content (AvgIpc) is 2.73. The minimum Gasteiger partial charge on any atom is -0.497 e. The Morgan fingerprint density at radius 1 is 1.19 bits per heavy atom. The molecule has 1 aliphatic rings. The smallest absolute Gasteiger partial charge is 0.192 e. The molecule has 4 nitrogen and oxygen atoms in total. The maximum absolute atomic E-state index is 6.72. The van der Waals surface area contributed by atoms with E-state index in [9.17, 15) is 0 Å². The van der Waals surface area contributed by atoms with Crippen LogP contribution in [0.4, 0.5) is 0 Å². The highest BCUT2D eigenvalue weighted by Crippen LogP contribution is 2.41. The van der Waals surface area contributed by atoms with Gasteiger partial charge in [-0.2, -0.15) is 0 Å². The Morgan fingerprint density at radius 3 is 2.55 bits per heavy atom. The van der Waals surface area contributed by atoms with Crippen molar-refractivity contribution in [2.45, 2.75) is 71.0 Å². The zero-order valence-corrected chi connectivity index (χ0v) is 21.9. The normalized spacial score (nSPS) is 17.1. The standard InChI is InChI=1S/C25H39ClN2O2Si/c1-24(2,3)31(5,6)30-18-25(12-14-27-15-13-25)11-7-8-20-21-16-19(29-4)9-10-23(21)28-17-22(20)26/h9-10,16-17,27H,7-8,11-15,18H2,1-6H3. The second-order valence-corrected chi connectivity index (χ2v) is 15.8. The molecule has 6 heteroatoms. The maximum atomic E-state index is 6.72. The lowest BCUT2D eigenvalue weighted by molar-refractivity contribution is 0.0840. The van der Waals surface area contributed by atoms with Crippen molar-refractivity contribution in [1.82, 2.24) is 10.3 Å². The maximum Gasteiger partial charge on any atom is 0.192 e. The lowest BCUT2D eigenvalue weighted by Crippen LogP contribution is -2.46. The van der Waals surface area contributed by atoms with Crippen molar-refractivity contribution in [3.8, 4) is 5.75 Å². The van der Waals surface area contributed by atoms with E-state index in [2.05, 4.69) is 50.2 Å². The Morgan fingerprint density at radius 2 is 1.90 bits per heavy atom. The summed E-state index contributed by atoms with van der Waals surface area (Å²) in [5.74, 6) is 0.843. The van der Waals surface area contributed by atoms with Gasteiger partial charge in [-0.25, -0.2) is 0 Å². The van der Waals surface area contributed by atoms with Crippen LogP contribution in [0.5, 0.6) is 5.75 Å². The number of halogens is 1. The minimum atomic E-state index is -1.76. The number of piperidine rings is 1. The number of aryl methyl sites for hydroxylation is 1. The number of fused-ring (bicyclic) bond motifs is 1. The monoisotopic (exact) mass is 462 g/mol. The van der Waals surface area contributed by atoms with E-state index in [1.165, 1.54) is 18.4 Å². The number of hydrogen-bond donors (Lipinski definition) is 1. The van der Waals surface area contributed by atoms with Gasteiger partial charge in [0.15, 0.2) is 8.32 Å². The molecule has 1 aromatic carbocycles. The van der Waals surface area contributed by atoms with Crippen molar-refractivity contribution < 1.29 is 9.16 Å². The van der Waals surface area contributed by atoms with E-state index >= 15 is 0 Å². The highest BCUT2D eigenvalue weighted by molar-refractivity contribution is 6.74. The largest absolute Gasteiger partial charge is 0.497 e. The Balaban J connectivity index is 1.74. The first-order valence-corrected chi connectivity index (χ1v) is 14.8. The van der Waals surface area contributed by atoms with Crippen LogP contribution in [-0.2, 0) is 10.8 Å². The van der Waals surface area contributed by atoms with Crippen LogP contribution in [0.2, 0.25) is 23.2 Å². The Kier molecular flexibility index (Phi) is 7.73. The molecule has 1 aromatic heterocycles. The molecular weight excluding hydrogens is 424 g/mol. The Labute approximate surface area is 194 Å². The fraction of sp³-hybridized carbons (Fsp3) is 0.640. The van der Waals surface area contributed by atoms with Gasteiger partial charge in [0.2, 0.25) is 0 Å². The molecule has 1 N–H and O–H groups in total. The summed E-state index contributed by atoms with van der Waals surface area (Å²) in [6.45, 7) is 14.7. The van der Waals surface area contributed by atoms with Crippen molar-refractivity contribution in [2.75, 3.05) is 26.8 Å². The molecule has 2 heterocycles. The SMILES string of the molecule is COc1ccc2ncc(Cl)c(CCCC3(CO[Si](C)(C)C(C)(C)C)CCNCC3)c2c1. The highest BCUT2D eigenvalue weighted by Gasteiger charge is 2.40. The topological polar surface area (TPSA) is 43.4 Å². The fourth-order valence-corrected chi connectivity index (χ4v) is 5.54. The Hall–Kier alpha value is -1.14. The summed E-state index contributed by atoms with van der Waals surface area (Å²) >= 11 is 6.59. The lowest BCUT2D eigenvalue weighted by atomic mass is 9.75. The molecule has 0 aliphatic carbocycles. The molecule has 0 atom stereocenters. The number of nitrogens with zero attached hydrogens (tertiary/aromatic N) is 1. The first-order chi connectivity index (χ1) is 14.6. The number of hydrogen-bond acceptors (Lipinski definition) is 4. The molecule has 0 unspecified atom stereocenters. The molecule has 1 fully saturated rings. The van der Waals surface area contributed by atoms with Crippen molar-refractivity contribution in [1.29, 1.82) is 0 Å². The quantitative estimate of drug-likeness (QED) is 0.448. The molecule has 0 spiro atoms. The van der Waals surface area contributed by atoms with Crippen LogP contribution in [0.1, 0.15) is 52.0 Å². The first kappa shape index (κ1) is 24.5. The molecule has 0 bridgehead atoms. The molecule has 0 radical (unpaired) electrons. The summed E-state index contributed by atoms with van der Waals surface area (Å²) in [6, 6.07) is 6.02. The molecule has 172 valence electrons. The number of nitrogens with one attached hydrogen (secondary N) is 1. The van der Waals surface area contributed by atoms with E-state index in [1.54, 1.807) is 13.3 Å². The third-order valence-corrected chi connectivity index (χ3v) is 12.3. The summed E-state index contributed by atoms with van der Waals surface area (Å²) in [6.07, 6.45) is 7.34. The predicted molar refractivity (Wildman–Crippen MR) is 134 cm³/mol. The van der Waals surface area contributed by atoms with Gasteiger partial charge in [-0.3, -0.25) is 4.98 Å². The molecule has 0 saturated carbocycles. The molecule has 31 heavy (non-hydrogen) atoms. The van der Waals surface area contributed by atoms with Crippen LogP contribution >= 0.6 is 11.6 Å². The third-order valence-electron chi connectivity index (χ3n) is 7.48. The zero-order chi connectivity index (χ0) is 22.7. The molecule has 3 rings (SSSR count). The van der Waals surface area contributed by atoms with Gasteiger partial charge in [0.1, 0.15) is 5.75 Å². The van der Waals surface area contributed by atoms with Gasteiger partial charge in [-0.15, -0.1) is 0 Å². The molecule has 1 aliphatic heterocycles. The molecule has 2 aromatic rings. The summed E-state index contributed by atoms with van der Waals surface area (Å²) in [7, 11) is -0.0620. The van der Waals surface area contributed by atoms with Crippen LogP contribution in [-0.4, -0.2) is 40.1 Å². The van der Waals surface area contributed by atoms with E-state index in [-0.39, 0.29) is 10.5 Å². The Bertz CT molecular complexity index is 889. The second-order valence-electron chi connectivity index (χ2n) is 10.6. The van der Waals surface area contributed by atoms with E-state index in [1.807, 2.05) is 12.1 Å². The molecule has 1 saturated heterocycles. The van der Waals surface area contributed by atoms with Crippen LogP contribution in [0.25, 0.3) is 10.9 Å². The van der Waals surface area contributed by atoms with Crippen LogP contribution < -0.4 is 10.1 Å². The van der Waals surface area contributed by atoms with Gasteiger partial charge < -0.3 is 14.5 Å². The number of benzene rings is 1. The van der Waals surface area contributed by atoms with E-state index in [0.717, 1.165) is 60.6 Å².